The summed E-state index contributed by atoms with van der Waals surface area (Å²) in [6.45, 7) is 8.58. The third-order valence-corrected chi connectivity index (χ3v) is 12.9. The smallest absolute Gasteiger partial charge is 0.405 e. The minimum atomic E-state index is -3.11. The Hall–Kier alpha value is -2.81. The molecule has 2 aromatic carbocycles. The fourth-order valence-corrected chi connectivity index (χ4v) is 9.65. The average Bonchev–Trinajstić information content (AvgIpc) is 3.06. The van der Waals surface area contributed by atoms with E-state index in [-0.39, 0.29) is 47.9 Å². The van der Waals surface area contributed by atoms with E-state index < -0.39 is 51.1 Å². The highest BCUT2D eigenvalue weighted by atomic mass is 32.3. The molecule has 3 aliphatic rings. The summed E-state index contributed by atoms with van der Waals surface area (Å²) in [5.41, 5.74) is 1.06. The molecule has 0 aliphatic carbocycles. The van der Waals surface area contributed by atoms with Crippen molar-refractivity contribution in [3.63, 3.8) is 0 Å². The number of carboxylic acid groups (broad SMARTS) is 1. The van der Waals surface area contributed by atoms with Crippen molar-refractivity contribution in [2.75, 3.05) is 18.4 Å². The highest BCUT2D eigenvalue weighted by molar-refractivity contribution is 8.23. The van der Waals surface area contributed by atoms with E-state index in [1.807, 2.05) is 27.7 Å². The number of ether oxygens (including phenoxy) is 1. The molecule has 3 fully saturated rings. The second-order valence-electron chi connectivity index (χ2n) is 14.0. The SMILES string of the molecule is C[C@@H]1CC([C@H](c2ccc(F)cc2)[C@H](NC(=O)O)C(=O)Nc2cccc(F)c2CC[C@H]2CN[C@@H]3CCC(C)(C)S(O)(O)N2C3)C[C@H](C)O1. The number of carbonyl (C=O) groups is 2. The molecule has 0 spiro atoms. The zero-order chi connectivity index (χ0) is 34.1. The Morgan fingerprint density at radius 2 is 1.79 bits per heavy atom. The molecule has 2 aromatic rings. The van der Waals surface area contributed by atoms with Crippen molar-refractivity contribution >= 4 is 28.5 Å². The number of amides is 2. The van der Waals surface area contributed by atoms with Gasteiger partial charge < -0.3 is 25.8 Å². The standard InChI is InChI=1S/C34H48F2N4O6S/c1-20-16-23(17-21(2)46-20)30(22-8-10-24(35)11-9-22)31(39-33(42)43)32(41)38-29-7-5-6-28(36)27(29)13-12-26-18-37-25-14-15-34(3,4)47(44,45)40(26)19-25/h5-11,20-21,23,25-26,30-31,37,39,44-45H,12-19H2,1-4H3,(H,38,41)(H,42,43)/t20-,21+,23?,25-,26+,30+,31+/m1/s1. The molecule has 10 nitrogen and oxygen atoms in total. The number of nitrogens with one attached hydrogen (secondary N) is 3. The van der Waals surface area contributed by atoms with E-state index in [4.69, 9.17) is 4.74 Å². The van der Waals surface area contributed by atoms with Crippen LogP contribution >= 0.6 is 10.8 Å². The first-order valence-corrected chi connectivity index (χ1v) is 17.9. The number of fused-ring (bicyclic) bond motifs is 2. The minimum absolute atomic E-state index is 0.132. The monoisotopic (exact) mass is 678 g/mol. The van der Waals surface area contributed by atoms with Gasteiger partial charge in [-0.15, -0.1) is 10.8 Å². The number of anilines is 1. The van der Waals surface area contributed by atoms with Crippen LogP contribution in [-0.4, -0.2) is 78.7 Å². The Kier molecular flexibility index (Phi) is 10.8. The van der Waals surface area contributed by atoms with Crippen LogP contribution in [0.5, 0.6) is 0 Å². The van der Waals surface area contributed by atoms with Gasteiger partial charge in [0, 0.05) is 42.3 Å². The molecule has 5 rings (SSSR count). The van der Waals surface area contributed by atoms with Crippen molar-refractivity contribution in [2.45, 2.75) is 107 Å². The van der Waals surface area contributed by atoms with Gasteiger partial charge >= 0.3 is 6.09 Å². The van der Waals surface area contributed by atoms with Crippen LogP contribution in [0, 0.1) is 17.6 Å². The molecule has 3 aliphatic heterocycles. The molecule has 2 amide bonds. The van der Waals surface area contributed by atoms with Crippen molar-refractivity contribution in [1.82, 2.24) is 14.9 Å². The van der Waals surface area contributed by atoms with Crippen LogP contribution in [-0.2, 0) is 16.0 Å². The third-order valence-electron chi connectivity index (χ3n) is 10.1. The van der Waals surface area contributed by atoms with E-state index in [1.54, 1.807) is 22.5 Å². The topological polar surface area (TPSA) is 143 Å². The number of piperazine rings is 1. The number of hydrogen-bond acceptors (Lipinski definition) is 7. The van der Waals surface area contributed by atoms with Crippen molar-refractivity contribution < 1.29 is 37.3 Å². The van der Waals surface area contributed by atoms with Crippen LogP contribution in [0.4, 0.5) is 19.3 Å². The number of carbonyl (C=O) groups excluding carboxylic acids is 1. The summed E-state index contributed by atoms with van der Waals surface area (Å²) in [5, 5.41) is 18.6. The molecule has 8 atom stereocenters. The van der Waals surface area contributed by atoms with Gasteiger partial charge in [0.1, 0.15) is 17.7 Å². The van der Waals surface area contributed by atoms with Gasteiger partial charge in [-0.1, -0.05) is 18.2 Å². The van der Waals surface area contributed by atoms with Crippen molar-refractivity contribution in [2.24, 2.45) is 5.92 Å². The molecule has 0 aromatic heterocycles. The molecule has 0 radical (unpaired) electrons. The lowest BCUT2D eigenvalue weighted by molar-refractivity contribution is -0.120. The maximum atomic E-state index is 15.5. The highest BCUT2D eigenvalue weighted by Gasteiger charge is 2.47. The zero-order valence-corrected chi connectivity index (χ0v) is 28.2. The predicted octanol–water partition coefficient (Wildman–Crippen LogP) is 6.34. The molecule has 2 unspecified atom stereocenters. The van der Waals surface area contributed by atoms with Gasteiger partial charge in [-0.25, -0.2) is 17.9 Å². The van der Waals surface area contributed by atoms with Crippen LogP contribution in [0.25, 0.3) is 0 Å². The normalized spacial score (nSPS) is 30.3. The molecule has 2 bridgehead atoms. The second kappa shape index (κ2) is 14.4. The van der Waals surface area contributed by atoms with Gasteiger partial charge in [-0.3, -0.25) is 13.9 Å². The molecule has 13 heteroatoms. The lowest BCUT2D eigenvalue weighted by atomic mass is 9.74. The fraction of sp³-hybridized carbons (Fsp3) is 0.588. The summed E-state index contributed by atoms with van der Waals surface area (Å²) < 4.78 is 59.1. The van der Waals surface area contributed by atoms with E-state index in [2.05, 4.69) is 16.0 Å². The first kappa shape index (κ1) is 35.5. The summed E-state index contributed by atoms with van der Waals surface area (Å²) >= 11 is 0. The summed E-state index contributed by atoms with van der Waals surface area (Å²) in [7, 11) is -3.11. The quantitative estimate of drug-likeness (QED) is 0.180. The summed E-state index contributed by atoms with van der Waals surface area (Å²) in [4.78, 5) is 26.2. The number of hydrogen-bond donors (Lipinski definition) is 6. The average molecular weight is 679 g/mol. The van der Waals surface area contributed by atoms with Crippen molar-refractivity contribution in [3.8, 4) is 0 Å². The number of rotatable bonds is 9. The first-order valence-electron chi connectivity index (χ1n) is 16.4. The van der Waals surface area contributed by atoms with Crippen LogP contribution in [0.1, 0.15) is 76.8 Å². The van der Waals surface area contributed by atoms with Gasteiger partial charge in [-0.05, 0) is 102 Å². The van der Waals surface area contributed by atoms with Crippen LogP contribution < -0.4 is 16.0 Å². The van der Waals surface area contributed by atoms with Gasteiger partial charge in [0.2, 0.25) is 5.91 Å². The van der Waals surface area contributed by atoms with Crippen LogP contribution in [0.2, 0.25) is 0 Å². The number of halogens is 2. The summed E-state index contributed by atoms with van der Waals surface area (Å²) in [6.07, 6.45) is 1.54. The van der Waals surface area contributed by atoms with E-state index in [9.17, 15) is 28.2 Å². The Labute approximate surface area is 277 Å². The highest BCUT2D eigenvalue weighted by Crippen LogP contribution is 2.60. The molecule has 3 heterocycles. The minimum Gasteiger partial charge on any atom is -0.465 e. The lowest BCUT2D eigenvalue weighted by Crippen LogP contribution is -2.57. The Morgan fingerprint density at radius 3 is 2.45 bits per heavy atom. The molecule has 6 N–H and O–H groups in total. The molecule has 0 saturated carbocycles. The van der Waals surface area contributed by atoms with E-state index >= 15 is 4.39 Å². The van der Waals surface area contributed by atoms with Crippen molar-refractivity contribution in [3.05, 3.63) is 65.2 Å². The van der Waals surface area contributed by atoms with Gasteiger partial charge in [0.25, 0.3) is 0 Å². The molecular formula is C34H48F2N4O6S. The van der Waals surface area contributed by atoms with Gasteiger partial charge in [0.15, 0.2) is 0 Å². The first-order chi connectivity index (χ1) is 22.2. The maximum absolute atomic E-state index is 15.5. The summed E-state index contributed by atoms with van der Waals surface area (Å²) in [5.74, 6) is -2.47. The second-order valence-corrected chi connectivity index (χ2v) is 16.6. The predicted molar refractivity (Wildman–Crippen MR) is 179 cm³/mol. The third kappa shape index (κ3) is 7.92. The fourth-order valence-electron chi connectivity index (χ4n) is 7.64. The molecule has 47 heavy (non-hydrogen) atoms. The van der Waals surface area contributed by atoms with E-state index in [0.717, 1.165) is 6.42 Å². The van der Waals surface area contributed by atoms with E-state index in [0.29, 0.717) is 44.3 Å². The largest absolute Gasteiger partial charge is 0.465 e. The molecule has 3 saturated heterocycles. The van der Waals surface area contributed by atoms with E-state index in [1.165, 1.54) is 24.3 Å². The molecular weight excluding hydrogens is 630 g/mol. The Bertz CT molecular complexity index is 1420. The zero-order valence-electron chi connectivity index (χ0n) is 27.4. The van der Waals surface area contributed by atoms with Crippen LogP contribution in [0.15, 0.2) is 42.5 Å². The van der Waals surface area contributed by atoms with Gasteiger partial charge in [0.05, 0.1) is 17.0 Å². The van der Waals surface area contributed by atoms with Crippen molar-refractivity contribution in [1.29, 1.82) is 0 Å². The lowest BCUT2D eigenvalue weighted by Gasteiger charge is -2.55. The molecule has 260 valence electrons. The Morgan fingerprint density at radius 1 is 1.11 bits per heavy atom. The number of nitrogens with zero attached hydrogens (tertiary/aromatic N) is 1. The maximum Gasteiger partial charge on any atom is 0.405 e. The summed E-state index contributed by atoms with van der Waals surface area (Å²) in [6, 6.07) is 8.67. The number of benzene rings is 2. The Balaban J connectivity index is 1.41. The van der Waals surface area contributed by atoms with Crippen LogP contribution in [0.3, 0.4) is 0 Å². The van der Waals surface area contributed by atoms with Gasteiger partial charge in [-0.2, -0.15) is 0 Å².